The van der Waals surface area contributed by atoms with E-state index in [-0.39, 0.29) is 16.0 Å². The van der Waals surface area contributed by atoms with Crippen LogP contribution in [0.25, 0.3) is 0 Å². The molecule has 19 heavy (non-hydrogen) atoms. The smallest absolute Gasteiger partial charge is 0.240 e. The topological polar surface area (TPSA) is 58.2 Å². The van der Waals surface area contributed by atoms with Crippen LogP contribution in [0.4, 0.5) is 4.39 Å². The predicted molar refractivity (Wildman–Crippen MR) is 72.1 cm³/mol. The van der Waals surface area contributed by atoms with Crippen molar-refractivity contribution in [2.75, 3.05) is 6.54 Å². The van der Waals surface area contributed by atoms with Crippen molar-refractivity contribution in [3.05, 3.63) is 28.5 Å². The molecule has 0 unspecified atom stereocenters. The van der Waals surface area contributed by atoms with E-state index in [9.17, 15) is 12.8 Å². The molecule has 2 rings (SSSR count). The molecule has 0 amide bonds. The van der Waals surface area contributed by atoms with Crippen LogP contribution in [-0.4, -0.2) is 21.0 Å². The summed E-state index contributed by atoms with van der Waals surface area (Å²) < 4.78 is 40.3. The number of nitrogens with one attached hydrogen (secondary N) is 2. The molecule has 0 atom stereocenters. The second-order valence-electron chi connectivity index (χ2n) is 4.55. The molecule has 1 aliphatic carbocycles. The number of hydrogen-bond donors (Lipinski definition) is 2. The van der Waals surface area contributed by atoms with Crippen LogP contribution in [0.15, 0.2) is 17.0 Å². The van der Waals surface area contributed by atoms with E-state index >= 15 is 0 Å². The molecule has 7 heteroatoms. The van der Waals surface area contributed by atoms with E-state index in [4.69, 9.17) is 11.6 Å². The molecule has 0 heterocycles. The van der Waals surface area contributed by atoms with Gasteiger partial charge in [-0.1, -0.05) is 18.5 Å². The fourth-order valence-corrected chi connectivity index (χ4v) is 3.19. The zero-order valence-corrected chi connectivity index (χ0v) is 12.1. The van der Waals surface area contributed by atoms with Crippen LogP contribution in [0.3, 0.4) is 0 Å². The second kappa shape index (κ2) is 5.75. The molecule has 4 nitrogen and oxygen atoms in total. The summed E-state index contributed by atoms with van der Waals surface area (Å²) in [5.41, 5.74) is 0.444. The zero-order valence-electron chi connectivity index (χ0n) is 10.5. The molecule has 1 saturated carbocycles. The van der Waals surface area contributed by atoms with E-state index in [1.807, 2.05) is 6.92 Å². The van der Waals surface area contributed by atoms with Crippen LogP contribution >= 0.6 is 11.6 Å². The summed E-state index contributed by atoms with van der Waals surface area (Å²) in [6.07, 6.45) is 1.67. The predicted octanol–water partition coefficient (Wildman–Crippen LogP) is 2.03. The number of sulfonamides is 1. The second-order valence-corrected chi connectivity index (χ2v) is 6.65. The van der Waals surface area contributed by atoms with E-state index in [1.54, 1.807) is 0 Å². The van der Waals surface area contributed by atoms with Crippen LogP contribution < -0.4 is 10.0 Å². The highest BCUT2D eigenvalue weighted by Gasteiger charge is 2.28. The standard InChI is InChI=1S/C12H16ClFN2O2S/c1-2-15-7-8-5-10(6-11(14)12(8)13)19(17,18)16-9-3-4-9/h5-6,9,15-16H,2-4,7H2,1H3. The Balaban J connectivity index is 2.32. The third-order valence-corrected chi connectivity index (χ3v) is 4.78. The molecule has 1 aromatic rings. The van der Waals surface area contributed by atoms with Crippen LogP contribution in [0.5, 0.6) is 0 Å². The van der Waals surface area contributed by atoms with E-state index in [2.05, 4.69) is 10.0 Å². The first-order chi connectivity index (χ1) is 8.94. The first-order valence-corrected chi connectivity index (χ1v) is 8.01. The van der Waals surface area contributed by atoms with E-state index < -0.39 is 15.8 Å². The van der Waals surface area contributed by atoms with E-state index in [0.29, 0.717) is 18.7 Å². The van der Waals surface area contributed by atoms with Crippen molar-refractivity contribution in [2.45, 2.75) is 37.2 Å². The number of halogens is 2. The summed E-state index contributed by atoms with van der Waals surface area (Å²) in [6, 6.07) is 2.36. The van der Waals surface area contributed by atoms with Crippen LogP contribution in [0, 0.1) is 5.82 Å². The van der Waals surface area contributed by atoms with Gasteiger partial charge in [-0.3, -0.25) is 0 Å². The fourth-order valence-electron chi connectivity index (χ4n) is 1.65. The first-order valence-electron chi connectivity index (χ1n) is 6.15. The minimum Gasteiger partial charge on any atom is -0.313 e. The Labute approximate surface area is 117 Å². The van der Waals surface area contributed by atoms with Gasteiger partial charge < -0.3 is 5.32 Å². The SMILES string of the molecule is CCNCc1cc(S(=O)(=O)NC2CC2)cc(F)c1Cl. The minimum atomic E-state index is -3.66. The Morgan fingerprint density at radius 3 is 2.68 bits per heavy atom. The molecule has 0 saturated heterocycles. The molecule has 1 aromatic carbocycles. The lowest BCUT2D eigenvalue weighted by atomic mass is 10.2. The average Bonchev–Trinajstić information content (AvgIpc) is 3.14. The van der Waals surface area contributed by atoms with Crippen molar-refractivity contribution >= 4 is 21.6 Å². The van der Waals surface area contributed by atoms with Gasteiger partial charge in [0.15, 0.2) is 0 Å². The summed E-state index contributed by atoms with van der Waals surface area (Å²) >= 11 is 5.84. The Morgan fingerprint density at radius 1 is 1.42 bits per heavy atom. The molecule has 2 N–H and O–H groups in total. The van der Waals surface area contributed by atoms with Crippen molar-refractivity contribution in [3.63, 3.8) is 0 Å². The maximum Gasteiger partial charge on any atom is 0.240 e. The summed E-state index contributed by atoms with van der Waals surface area (Å²) in [5, 5.41) is 2.96. The van der Waals surface area contributed by atoms with E-state index in [1.165, 1.54) is 6.07 Å². The van der Waals surface area contributed by atoms with Crippen LogP contribution in [0.1, 0.15) is 25.3 Å². The third kappa shape index (κ3) is 3.66. The average molecular weight is 307 g/mol. The Hall–Kier alpha value is -0.690. The van der Waals surface area contributed by atoms with Crippen molar-refractivity contribution < 1.29 is 12.8 Å². The van der Waals surface area contributed by atoms with Gasteiger partial charge in [0.2, 0.25) is 10.0 Å². The first kappa shape index (κ1) is 14.7. The maximum absolute atomic E-state index is 13.7. The van der Waals surface area contributed by atoms with Gasteiger partial charge in [0.25, 0.3) is 0 Å². The third-order valence-electron chi connectivity index (χ3n) is 2.85. The summed E-state index contributed by atoms with van der Waals surface area (Å²) in [4.78, 5) is -0.0748. The molecule has 1 fully saturated rings. The van der Waals surface area contributed by atoms with Gasteiger partial charge in [-0.15, -0.1) is 0 Å². The number of rotatable bonds is 6. The van der Waals surface area contributed by atoms with Crippen molar-refractivity contribution in [3.8, 4) is 0 Å². The largest absolute Gasteiger partial charge is 0.313 e. The van der Waals surface area contributed by atoms with Gasteiger partial charge in [0.05, 0.1) is 9.92 Å². The highest BCUT2D eigenvalue weighted by atomic mass is 35.5. The Morgan fingerprint density at radius 2 is 2.11 bits per heavy atom. The molecular formula is C12H16ClFN2O2S. The van der Waals surface area contributed by atoms with E-state index in [0.717, 1.165) is 18.9 Å². The number of benzene rings is 1. The Bertz CT molecular complexity index is 573. The molecular weight excluding hydrogens is 291 g/mol. The van der Waals surface area contributed by atoms with Gasteiger partial charge in [-0.2, -0.15) is 0 Å². The van der Waals surface area contributed by atoms with Crippen molar-refractivity contribution in [2.24, 2.45) is 0 Å². The lowest BCUT2D eigenvalue weighted by molar-refractivity contribution is 0.576. The zero-order chi connectivity index (χ0) is 14.0. The van der Waals surface area contributed by atoms with Crippen molar-refractivity contribution in [1.82, 2.24) is 10.0 Å². The normalized spacial score (nSPS) is 15.7. The fraction of sp³-hybridized carbons (Fsp3) is 0.500. The monoisotopic (exact) mass is 306 g/mol. The minimum absolute atomic E-state index is 0.0130. The van der Waals surface area contributed by atoms with Crippen LogP contribution in [-0.2, 0) is 16.6 Å². The summed E-state index contributed by atoms with van der Waals surface area (Å²) in [5.74, 6) is -0.715. The molecule has 0 aliphatic heterocycles. The highest BCUT2D eigenvalue weighted by Crippen LogP contribution is 2.26. The van der Waals surface area contributed by atoms with Crippen LogP contribution in [0.2, 0.25) is 5.02 Å². The summed E-state index contributed by atoms with van der Waals surface area (Å²) in [7, 11) is -3.66. The molecule has 0 radical (unpaired) electrons. The molecule has 0 aromatic heterocycles. The quantitative estimate of drug-likeness (QED) is 0.845. The summed E-state index contributed by atoms with van der Waals surface area (Å²) in [6.45, 7) is 2.92. The molecule has 1 aliphatic rings. The molecule has 0 bridgehead atoms. The lowest BCUT2D eigenvalue weighted by Crippen LogP contribution is -2.26. The Kier molecular flexibility index (Phi) is 4.45. The molecule has 0 spiro atoms. The van der Waals surface area contributed by atoms with Gasteiger partial charge in [0.1, 0.15) is 5.82 Å². The molecule has 106 valence electrons. The highest BCUT2D eigenvalue weighted by molar-refractivity contribution is 7.89. The van der Waals surface area contributed by atoms with Gasteiger partial charge in [-0.25, -0.2) is 17.5 Å². The lowest BCUT2D eigenvalue weighted by Gasteiger charge is -2.10. The number of hydrogen-bond acceptors (Lipinski definition) is 3. The maximum atomic E-state index is 13.7. The van der Waals surface area contributed by atoms with Gasteiger partial charge in [-0.05, 0) is 37.1 Å². The van der Waals surface area contributed by atoms with Gasteiger partial charge in [0, 0.05) is 12.6 Å². The van der Waals surface area contributed by atoms with Crippen molar-refractivity contribution in [1.29, 1.82) is 0 Å². The van der Waals surface area contributed by atoms with Gasteiger partial charge >= 0.3 is 0 Å².